The lowest BCUT2D eigenvalue weighted by Gasteiger charge is -2.24. The summed E-state index contributed by atoms with van der Waals surface area (Å²) in [6, 6.07) is 14.3. The first-order valence-corrected chi connectivity index (χ1v) is 10.4. The summed E-state index contributed by atoms with van der Waals surface area (Å²) >= 11 is 3.45. The molecule has 150 valence electrons. The van der Waals surface area contributed by atoms with Crippen molar-refractivity contribution in [2.24, 2.45) is 0 Å². The van der Waals surface area contributed by atoms with Crippen molar-refractivity contribution in [3.8, 4) is 0 Å². The summed E-state index contributed by atoms with van der Waals surface area (Å²) in [6.45, 7) is 4.16. The van der Waals surface area contributed by atoms with Crippen LogP contribution in [0.3, 0.4) is 0 Å². The number of fused-ring (bicyclic) bond motifs is 2. The van der Waals surface area contributed by atoms with Crippen LogP contribution in [0.1, 0.15) is 44.6 Å². The minimum absolute atomic E-state index is 0.107. The van der Waals surface area contributed by atoms with Crippen LogP contribution in [0.15, 0.2) is 72.9 Å². The fourth-order valence-electron chi connectivity index (χ4n) is 4.00. The molecule has 0 spiro atoms. The van der Waals surface area contributed by atoms with Crippen molar-refractivity contribution in [2.45, 2.75) is 26.4 Å². The summed E-state index contributed by atoms with van der Waals surface area (Å²) in [5, 5.41) is 0.492. The highest BCUT2D eigenvalue weighted by Gasteiger charge is 2.43. The lowest BCUT2D eigenvalue weighted by molar-refractivity contribution is 0.0701. The second kappa shape index (κ2) is 6.99. The fourth-order valence-corrected chi connectivity index (χ4v) is 4.26. The van der Waals surface area contributed by atoms with Gasteiger partial charge in [0, 0.05) is 4.47 Å². The van der Waals surface area contributed by atoms with Gasteiger partial charge in [-0.25, -0.2) is 0 Å². The van der Waals surface area contributed by atoms with Crippen LogP contribution in [-0.4, -0.2) is 10.8 Å². The lowest BCUT2D eigenvalue weighted by Crippen LogP contribution is -2.29. The zero-order chi connectivity index (χ0) is 21.0. The predicted octanol–water partition coefficient (Wildman–Crippen LogP) is 5.51. The summed E-state index contributed by atoms with van der Waals surface area (Å²) < 4.78 is 12.4. The number of aryl methyl sites for hydroxylation is 2. The maximum Gasteiger partial charge on any atom is 0.291 e. The molecule has 3 heterocycles. The topological polar surface area (TPSA) is 63.7 Å². The van der Waals surface area contributed by atoms with Crippen molar-refractivity contribution in [3.05, 3.63) is 103 Å². The first-order valence-electron chi connectivity index (χ1n) is 9.61. The number of nitrogens with zero attached hydrogens (tertiary/aromatic N) is 1. The Morgan fingerprint density at radius 2 is 1.77 bits per heavy atom. The second-order valence-corrected chi connectivity index (χ2v) is 8.49. The molecular formula is C24H18BrNO4. The van der Waals surface area contributed by atoms with Gasteiger partial charge in [0.25, 0.3) is 5.91 Å². The summed E-state index contributed by atoms with van der Waals surface area (Å²) in [5.74, 6) is 0.434. The van der Waals surface area contributed by atoms with Gasteiger partial charge < -0.3 is 13.7 Å². The molecule has 0 saturated carbocycles. The van der Waals surface area contributed by atoms with Crippen LogP contribution in [0.2, 0.25) is 0 Å². The predicted molar refractivity (Wildman–Crippen MR) is 117 cm³/mol. The monoisotopic (exact) mass is 463 g/mol. The van der Waals surface area contributed by atoms with Gasteiger partial charge in [-0.2, -0.15) is 0 Å². The SMILES string of the molecule is Cc1cc2oc3c(c(=O)c2cc1C)[C@@H](c1ccc(Br)cc1)N(Cc1ccco1)C3=O. The number of benzene rings is 2. The second-order valence-electron chi connectivity index (χ2n) is 7.57. The first kappa shape index (κ1) is 18.9. The first-order chi connectivity index (χ1) is 14.4. The molecule has 0 radical (unpaired) electrons. The molecule has 0 aliphatic carbocycles. The molecule has 0 bridgehead atoms. The molecule has 0 N–H and O–H groups in total. The fraction of sp³-hybridized carbons (Fsp3) is 0.167. The molecule has 5 rings (SSSR count). The molecule has 2 aromatic heterocycles. The average molecular weight is 464 g/mol. The molecule has 1 aliphatic heterocycles. The third-order valence-corrected chi connectivity index (χ3v) is 6.20. The van der Waals surface area contributed by atoms with Crippen LogP contribution in [-0.2, 0) is 6.54 Å². The molecule has 0 fully saturated rings. The van der Waals surface area contributed by atoms with Crippen LogP contribution in [0.4, 0.5) is 0 Å². The number of amides is 1. The van der Waals surface area contributed by atoms with E-state index >= 15 is 0 Å². The van der Waals surface area contributed by atoms with Gasteiger partial charge in [0.2, 0.25) is 5.76 Å². The van der Waals surface area contributed by atoms with Gasteiger partial charge in [-0.3, -0.25) is 9.59 Å². The minimum Gasteiger partial charge on any atom is -0.467 e. The van der Waals surface area contributed by atoms with Crippen LogP contribution in [0, 0.1) is 13.8 Å². The van der Waals surface area contributed by atoms with E-state index in [-0.39, 0.29) is 23.6 Å². The Hall–Kier alpha value is -3.12. The smallest absolute Gasteiger partial charge is 0.291 e. The van der Waals surface area contributed by atoms with E-state index in [0.717, 1.165) is 21.2 Å². The number of hydrogen-bond donors (Lipinski definition) is 0. The van der Waals surface area contributed by atoms with Crippen molar-refractivity contribution in [3.63, 3.8) is 0 Å². The van der Waals surface area contributed by atoms with E-state index in [2.05, 4.69) is 15.9 Å². The number of halogens is 1. The van der Waals surface area contributed by atoms with E-state index in [1.807, 2.05) is 56.3 Å². The standard InChI is InChI=1S/C24H18BrNO4/c1-13-10-18-19(11-14(13)2)30-23-20(22(18)27)21(15-5-7-16(25)8-6-15)26(24(23)28)12-17-4-3-9-29-17/h3-11,21H,12H2,1-2H3/t21-/m1/s1. The Balaban J connectivity index is 1.76. The van der Waals surface area contributed by atoms with Gasteiger partial charge in [-0.15, -0.1) is 0 Å². The third-order valence-electron chi connectivity index (χ3n) is 5.67. The molecule has 0 unspecified atom stereocenters. The van der Waals surface area contributed by atoms with Gasteiger partial charge in [-0.1, -0.05) is 28.1 Å². The van der Waals surface area contributed by atoms with E-state index in [1.165, 1.54) is 0 Å². The highest BCUT2D eigenvalue weighted by atomic mass is 79.9. The Kier molecular flexibility index (Phi) is 4.40. The lowest BCUT2D eigenvalue weighted by atomic mass is 9.97. The van der Waals surface area contributed by atoms with Crippen molar-refractivity contribution in [1.82, 2.24) is 4.90 Å². The van der Waals surface area contributed by atoms with Gasteiger partial charge in [0.1, 0.15) is 11.3 Å². The summed E-state index contributed by atoms with van der Waals surface area (Å²) in [7, 11) is 0. The number of rotatable bonds is 3. The maximum atomic E-state index is 13.6. The average Bonchev–Trinajstić information content (AvgIpc) is 3.33. The van der Waals surface area contributed by atoms with Crippen molar-refractivity contribution in [1.29, 1.82) is 0 Å². The zero-order valence-corrected chi connectivity index (χ0v) is 18.0. The molecule has 5 nitrogen and oxygen atoms in total. The number of carbonyl (C=O) groups excluding carboxylic acids is 1. The van der Waals surface area contributed by atoms with Crippen LogP contribution >= 0.6 is 15.9 Å². The highest BCUT2D eigenvalue weighted by Crippen LogP contribution is 2.39. The number of furan rings is 1. The summed E-state index contributed by atoms with van der Waals surface area (Å²) in [4.78, 5) is 28.6. The molecule has 4 aromatic rings. The molecule has 6 heteroatoms. The molecule has 1 atom stereocenters. The minimum atomic E-state index is -0.548. The van der Waals surface area contributed by atoms with E-state index in [9.17, 15) is 9.59 Å². The Morgan fingerprint density at radius 3 is 2.47 bits per heavy atom. The Morgan fingerprint density at radius 1 is 1.03 bits per heavy atom. The third kappa shape index (κ3) is 2.91. The van der Waals surface area contributed by atoms with Gasteiger partial charge in [-0.05, 0) is 66.9 Å². The molecule has 1 aliphatic rings. The molecule has 1 amide bonds. The van der Waals surface area contributed by atoms with Crippen LogP contribution in [0.5, 0.6) is 0 Å². The maximum absolute atomic E-state index is 13.6. The Bertz CT molecular complexity index is 1340. The van der Waals surface area contributed by atoms with Crippen molar-refractivity contribution >= 4 is 32.8 Å². The van der Waals surface area contributed by atoms with E-state index in [4.69, 9.17) is 8.83 Å². The van der Waals surface area contributed by atoms with E-state index in [0.29, 0.717) is 22.3 Å². The molecular weight excluding hydrogens is 446 g/mol. The number of hydrogen-bond acceptors (Lipinski definition) is 4. The van der Waals surface area contributed by atoms with E-state index < -0.39 is 6.04 Å². The van der Waals surface area contributed by atoms with Gasteiger partial charge in [0.05, 0.1) is 29.8 Å². The Labute approximate surface area is 181 Å². The molecule has 30 heavy (non-hydrogen) atoms. The summed E-state index contributed by atoms with van der Waals surface area (Å²) in [5.41, 5.74) is 3.50. The molecule has 2 aromatic carbocycles. The van der Waals surface area contributed by atoms with Crippen LogP contribution in [0.25, 0.3) is 11.0 Å². The van der Waals surface area contributed by atoms with Gasteiger partial charge in [0.15, 0.2) is 5.43 Å². The quantitative estimate of drug-likeness (QED) is 0.401. The van der Waals surface area contributed by atoms with Crippen molar-refractivity contribution < 1.29 is 13.6 Å². The van der Waals surface area contributed by atoms with Crippen molar-refractivity contribution in [2.75, 3.05) is 0 Å². The number of carbonyl (C=O) groups is 1. The summed E-state index contributed by atoms with van der Waals surface area (Å²) in [6.07, 6.45) is 1.57. The molecule has 0 saturated heterocycles. The largest absolute Gasteiger partial charge is 0.467 e. The van der Waals surface area contributed by atoms with Gasteiger partial charge >= 0.3 is 0 Å². The van der Waals surface area contributed by atoms with E-state index in [1.54, 1.807) is 17.2 Å². The zero-order valence-electron chi connectivity index (χ0n) is 16.4. The normalized spacial score (nSPS) is 15.8. The van der Waals surface area contributed by atoms with Crippen LogP contribution < -0.4 is 5.43 Å². The highest BCUT2D eigenvalue weighted by molar-refractivity contribution is 9.10.